The molecule has 0 heterocycles. The summed E-state index contributed by atoms with van der Waals surface area (Å²) < 4.78 is 0. The largest absolute Gasteiger partial charge is 0.396 e. The van der Waals surface area contributed by atoms with E-state index in [0.717, 1.165) is 0 Å². The number of terminal acetylenes is 1. The zero-order valence-electron chi connectivity index (χ0n) is 6.46. The quantitative estimate of drug-likeness (QED) is 0.554. The van der Waals surface area contributed by atoms with Gasteiger partial charge in [-0.05, 0) is 13.8 Å². The number of aliphatic hydroxyl groups is 2. The highest BCUT2D eigenvalue weighted by Gasteiger charge is 2.25. The zero-order valence-corrected chi connectivity index (χ0v) is 6.46. The molecule has 0 rings (SSSR count). The molecule has 0 spiro atoms. The molecule has 0 aliphatic rings. The molecule has 0 atom stereocenters. The van der Waals surface area contributed by atoms with Gasteiger partial charge in [-0.25, -0.2) is 0 Å². The summed E-state index contributed by atoms with van der Waals surface area (Å²) in [6, 6.07) is 0. The Kier molecular flexibility index (Phi) is 3.41. The van der Waals surface area contributed by atoms with Crippen molar-refractivity contribution in [1.29, 1.82) is 0 Å². The number of hydrogen-bond donors (Lipinski definition) is 2. The summed E-state index contributed by atoms with van der Waals surface area (Å²) in [7, 11) is 0. The van der Waals surface area contributed by atoms with Crippen molar-refractivity contribution < 1.29 is 10.2 Å². The molecule has 0 aliphatic carbocycles. The predicted molar refractivity (Wildman–Crippen MR) is 40.3 cm³/mol. The summed E-state index contributed by atoms with van der Waals surface area (Å²) in [4.78, 5) is 0. The molecule has 2 N–H and O–H groups in total. The smallest absolute Gasteiger partial charge is 0.0495 e. The van der Waals surface area contributed by atoms with Crippen molar-refractivity contribution in [3.05, 3.63) is 0 Å². The van der Waals surface area contributed by atoms with Gasteiger partial charge < -0.3 is 10.2 Å². The molecule has 58 valence electrons. The fraction of sp³-hybridized carbons (Fsp3) is 0.750. The molecule has 0 aromatic rings. The lowest BCUT2D eigenvalue weighted by Gasteiger charge is -2.25. The molecule has 0 amide bonds. The van der Waals surface area contributed by atoms with Gasteiger partial charge in [0.2, 0.25) is 0 Å². The Hall–Kier alpha value is -0.520. The molecule has 0 saturated carbocycles. The van der Waals surface area contributed by atoms with Crippen LogP contribution >= 0.6 is 0 Å². The molecular weight excluding hydrogens is 128 g/mol. The van der Waals surface area contributed by atoms with Crippen molar-refractivity contribution in [1.82, 2.24) is 0 Å². The van der Waals surface area contributed by atoms with E-state index in [2.05, 4.69) is 5.92 Å². The molecule has 0 aromatic carbocycles. The first-order valence-corrected chi connectivity index (χ1v) is 3.28. The van der Waals surface area contributed by atoms with Gasteiger partial charge in [-0.15, -0.1) is 12.3 Å². The molecule has 0 unspecified atom stereocenters. The van der Waals surface area contributed by atoms with Gasteiger partial charge in [-0.1, -0.05) is 0 Å². The van der Waals surface area contributed by atoms with Gasteiger partial charge in [-0.2, -0.15) is 0 Å². The highest BCUT2D eigenvalue weighted by atomic mass is 16.3. The lowest BCUT2D eigenvalue weighted by molar-refractivity contribution is 0.0915. The van der Waals surface area contributed by atoms with Crippen molar-refractivity contribution in [2.45, 2.75) is 13.8 Å². The van der Waals surface area contributed by atoms with Crippen LogP contribution in [0, 0.1) is 23.7 Å². The molecule has 2 nitrogen and oxygen atoms in total. The van der Waals surface area contributed by atoms with Gasteiger partial charge in [0, 0.05) is 24.5 Å². The van der Waals surface area contributed by atoms with Crippen LogP contribution in [0.15, 0.2) is 0 Å². The van der Waals surface area contributed by atoms with Crippen LogP contribution in [0.4, 0.5) is 0 Å². The standard InChI is InChI=1S/C8H14O2/c1-4-8(2,3)7(5-9)6-10/h1,7,9-10H,5-6H2,2-3H3. The summed E-state index contributed by atoms with van der Waals surface area (Å²) in [5, 5.41) is 17.5. The topological polar surface area (TPSA) is 40.5 Å². The second kappa shape index (κ2) is 3.60. The van der Waals surface area contributed by atoms with E-state index in [0.29, 0.717) is 0 Å². The Bertz CT molecular complexity index is 129. The molecule has 0 aliphatic heterocycles. The highest BCUT2D eigenvalue weighted by molar-refractivity contribution is 5.03. The van der Waals surface area contributed by atoms with Crippen LogP contribution in [0.5, 0.6) is 0 Å². The summed E-state index contributed by atoms with van der Waals surface area (Å²) in [5.41, 5.74) is -0.413. The molecule has 0 radical (unpaired) electrons. The maximum absolute atomic E-state index is 8.74. The lowest BCUT2D eigenvalue weighted by Crippen LogP contribution is -2.28. The molecule has 0 saturated heterocycles. The Morgan fingerprint density at radius 2 is 1.80 bits per heavy atom. The van der Waals surface area contributed by atoms with E-state index in [1.54, 1.807) is 0 Å². The van der Waals surface area contributed by atoms with Gasteiger partial charge in [0.1, 0.15) is 0 Å². The second-order valence-corrected chi connectivity index (χ2v) is 2.93. The Labute approximate surface area is 61.9 Å². The maximum atomic E-state index is 8.74. The van der Waals surface area contributed by atoms with Crippen molar-refractivity contribution in [3.63, 3.8) is 0 Å². The second-order valence-electron chi connectivity index (χ2n) is 2.93. The summed E-state index contributed by atoms with van der Waals surface area (Å²) in [5.74, 6) is 2.31. The fourth-order valence-electron chi connectivity index (χ4n) is 0.632. The van der Waals surface area contributed by atoms with Crippen molar-refractivity contribution in [2.24, 2.45) is 11.3 Å². The summed E-state index contributed by atoms with van der Waals surface area (Å²) >= 11 is 0. The molecule has 0 aromatic heterocycles. The van der Waals surface area contributed by atoms with Crippen LogP contribution in [0.25, 0.3) is 0 Å². The summed E-state index contributed by atoms with van der Waals surface area (Å²) in [6.45, 7) is 3.52. The van der Waals surface area contributed by atoms with E-state index >= 15 is 0 Å². The Morgan fingerprint density at radius 1 is 1.40 bits per heavy atom. The highest BCUT2D eigenvalue weighted by Crippen LogP contribution is 2.24. The maximum Gasteiger partial charge on any atom is 0.0495 e. The van der Waals surface area contributed by atoms with Crippen LogP contribution in [-0.4, -0.2) is 23.4 Å². The summed E-state index contributed by atoms with van der Waals surface area (Å²) in [6.07, 6.45) is 5.19. The first kappa shape index (κ1) is 9.48. The first-order valence-electron chi connectivity index (χ1n) is 3.28. The predicted octanol–water partition coefficient (Wildman–Crippen LogP) is 0.247. The zero-order chi connectivity index (χ0) is 8.20. The van der Waals surface area contributed by atoms with Crippen LogP contribution in [0.3, 0.4) is 0 Å². The third-order valence-electron chi connectivity index (χ3n) is 1.83. The van der Waals surface area contributed by atoms with Gasteiger partial charge in [0.25, 0.3) is 0 Å². The SMILES string of the molecule is C#CC(C)(C)C(CO)CO. The van der Waals surface area contributed by atoms with Gasteiger partial charge in [-0.3, -0.25) is 0 Å². The minimum atomic E-state index is -0.413. The molecular formula is C8H14O2. The van der Waals surface area contributed by atoms with Crippen molar-refractivity contribution in [3.8, 4) is 12.3 Å². The molecule has 2 heteroatoms. The van der Waals surface area contributed by atoms with Gasteiger partial charge in [0.15, 0.2) is 0 Å². The number of rotatable bonds is 3. The third-order valence-corrected chi connectivity index (χ3v) is 1.83. The average molecular weight is 142 g/mol. The van der Waals surface area contributed by atoms with E-state index < -0.39 is 5.41 Å². The molecule has 10 heavy (non-hydrogen) atoms. The van der Waals surface area contributed by atoms with Crippen LogP contribution in [-0.2, 0) is 0 Å². The van der Waals surface area contributed by atoms with Crippen molar-refractivity contribution >= 4 is 0 Å². The monoisotopic (exact) mass is 142 g/mol. The number of aliphatic hydroxyl groups excluding tert-OH is 2. The molecule has 0 fully saturated rings. The molecule has 0 bridgehead atoms. The van der Waals surface area contributed by atoms with E-state index in [4.69, 9.17) is 16.6 Å². The van der Waals surface area contributed by atoms with Crippen molar-refractivity contribution in [2.75, 3.05) is 13.2 Å². The first-order chi connectivity index (χ1) is 4.58. The third kappa shape index (κ3) is 2.02. The average Bonchev–Trinajstić information content (AvgIpc) is 1.90. The van der Waals surface area contributed by atoms with E-state index in [-0.39, 0.29) is 19.1 Å². The normalized spacial score (nSPS) is 11.6. The van der Waals surface area contributed by atoms with E-state index in [1.165, 1.54) is 0 Å². The minimum Gasteiger partial charge on any atom is -0.396 e. The Balaban J connectivity index is 4.15. The van der Waals surface area contributed by atoms with Crippen LogP contribution < -0.4 is 0 Å². The Morgan fingerprint density at radius 3 is 1.90 bits per heavy atom. The van der Waals surface area contributed by atoms with E-state index in [9.17, 15) is 0 Å². The fourth-order valence-corrected chi connectivity index (χ4v) is 0.632. The van der Waals surface area contributed by atoms with Crippen LogP contribution in [0.1, 0.15) is 13.8 Å². The van der Waals surface area contributed by atoms with Gasteiger partial charge in [0.05, 0.1) is 0 Å². The van der Waals surface area contributed by atoms with E-state index in [1.807, 2.05) is 13.8 Å². The minimum absolute atomic E-state index is 0.0618. The van der Waals surface area contributed by atoms with Gasteiger partial charge >= 0.3 is 0 Å². The lowest BCUT2D eigenvalue weighted by atomic mass is 9.81. The number of hydrogen-bond acceptors (Lipinski definition) is 2. The van der Waals surface area contributed by atoms with Crippen LogP contribution in [0.2, 0.25) is 0 Å².